The molecular weight excluding hydrogens is 196 g/mol. The van der Waals surface area contributed by atoms with Crippen molar-refractivity contribution >= 4 is 24.2 Å². The summed E-state index contributed by atoms with van der Waals surface area (Å²) in [6, 6.07) is 0. The molecule has 1 aromatic heterocycles. The molecule has 1 rings (SSSR count). The molecule has 0 atom stereocenters. The maximum Gasteiger partial charge on any atom is 0.429 e. The summed E-state index contributed by atoms with van der Waals surface area (Å²) in [4.78, 5) is 17.8. The highest BCUT2D eigenvalue weighted by Gasteiger charge is 2.04. The Bertz CT molecular complexity index is 478. The first-order valence-corrected chi connectivity index (χ1v) is 4.27. The zero-order valence-electron chi connectivity index (χ0n) is 8.37. The molecule has 0 saturated carbocycles. The number of rotatable bonds is 1. The molecule has 0 aliphatic heterocycles. The zero-order chi connectivity index (χ0) is 11.3. The van der Waals surface area contributed by atoms with E-state index in [1.54, 1.807) is 6.08 Å². The summed E-state index contributed by atoms with van der Waals surface area (Å²) >= 11 is 0. The van der Waals surface area contributed by atoms with Gasteiger partial charge in [-0.05, 0) is 13.8 Å². The number of nitriles is 1. The molecule has 6 nitrogen and oxygen atoms in total. The standard InChI is InChI=1S/C9H10N4O2/c1-3-6-7(4-2)12-8(11-6)13-9(14)15-5-10/h3-4H,1-2H3,(H2,11,12,13,14)/b6-3+,7-4+. The minimum absolute atomic E-state index is 0.247. The van der Waals surface area contributed by atoms with Crippen LogP contribution in [0.15, 0.2) is 0 Å². The molecule has 0 aliphatic carbocycles. The largest absolute Gasteiger partial charge is 0.429 e. The molecular formula is C9H10N4O2. The van der Waals surface area contributed by atoms with Crippen LogP contribution in [0.4, 0.5) is 10.7 Å². The van der Waals surface area contributed by atoms with E-state index in [0.717, 1.165) is 10.7 Å². The van der Waals surface area contributed by atoms with Gasteiger partial charge in [-0.15, -0.1) is 5.26 Å². The number of nitrogens with zero attached hydrogens (tertiary/aromatic N) is 2. The van der Waals surface area contributed by atoms with Crippen molar-refractivity contribution in [2.45, 2.75) is 13.8 Å². The van der Waals surface area contributed by atoms with Crippen molar-refractivity contribution < 1.29 is 9.53 Å². The maximum absolute atomic E-state index is 10.9. The number of carbonyl (C=O) groups is 1. The predicted octanol–water partition coefficient (Wildman–Crippen LogP) is 0.0401. The predicted molar refractivity (Wildman–Crippen MR) is 53.8 cm³/mol. The van der Waals surface area contributed by atoms with Crippen LogP contribution in [0, 0.1) is 11.5 Å². The molecule has 1 amide bonds. The molecule has 0 aliphatic rings. The van der Waals surface area contributed by atoms with E-state index < -0.39 is 6.09 Å². The van der Waals surface area contributed by atoms with Crippen LogP contribution in [0.1, 0.15) is 13.8 Å². The van der Waals surface area contributed by atoms with Gasteiger partial charge in [0.2, 0.25) is 5.95 Å². The van der Waals surface area contributed by atoms with Crippen LogP contribution in [-0.2, 0) is 4.74 Å². The second kappa shape index (κ2) is 4.81. The minimum Gasteiger partial charge on any atom is -0.333 e. The van der Waals surface area contributed by atoms with Gasteiger partial charge in [-0.3, -0.25) is 5.32 Å². The summed E-state index contributed by atoms with van der Waals surface area (Å²) in [5.74, 6) is 0.247. The summed E-state index contributed by atoms with van der Waals surface area (Å²) in [6.45, 7) is 3.68. The van der Waals surface area contributed by atoms with Crippen LogP contribution in [-0.4, -0.2) is 16.1 Å². The lowest BCUT2D eigenvalue weighted by Gasteiger charge is -1.94. The molecule has 0 radical (unpaired) electrons. The van der Waals surface area contributed by atoms with Gasteiger partial charge in [0.25, 0.3) is 6.26 Å². The molecule has 0 spiro atoms. The Labute approximate surface area is 85.9 Å². The highest BCUT2D eigenvalue weighted by molar-refractivity contribution is 5.82. The summed E-state index contributed by atoms with van der Waals surface area (Å²) in [7, 11) is 0. The van der Waals surface area contributed by atoms with Crippen molar-refractivity contribution in [2.75, 3.05) is 5.32 Å². The highest BCUT2D eigenvalue weighted by atomic mass is 16.5. The van der Waals surface area contributed by atoms with Crippen LogP contribution >= 0.6 is 0 Å². The average molecular weight is 206 g/mol. The molecule has 0 bridgehead atoms. The monoisotopic (exact) mass is 206 g/mol. The Balaban J connectivity index is 2.95. The van der Waals surface area contributed by atoms with Crippen molar-refractivity contribution in [1.29, 1.82) is 5.26 Å². The molecule has 1 aromatic rings. The Morgan fingerprint density at radius 1 is 1.60 bits per heavy atom. The fraction of sp³-hybridized carbons (Fsp3) is 0.222. The van der Waals surface area contributed by atoms with Gasteiger partial charge in [0, 0.05) is 0 Å². The molecule has 1 heterocycles. The fourth-order valence-corrected chi connectivity index (χ4v) is 1.06. The molecule has 2 N–H and O–H groups in total. The van der Waals surface area contributed by atoms with Crippen molar-refractivity contribution in [3.05, 3.63) is 10.7 Å². The van der Waals surface area contributed by atoms with E-state index in [4.69, 9.17) is 5.26 Å². The van der Waals surface area contributed by atoms with Gasteiger partial charge >= 0.3 is 6.09 Å². The number of nitrogens with one attached hydrogen (secondary N) is 2. The van der Waals surface area contributed by atoms with Gasteiger partial charge in [-0.25, -0.2) is 9.78 Å². The lowest BCUT2D eigenvalue weighted by Crippen LogP contribution is -2.23. The van der Waals surface area contributed by atoms with E-state index >= 15 is 0 Å². The van der Waals surface area contributed by atoms with Gasteiger partial charge in [-0.2, -0.15) is 0 Å². The van der Waals surface area contributed by atoms with Crippen molar-refractivity contribution in [3.8, 4) is 6.26 Å². The maximum atomic E-state index is 10.9. The molecule has 6 heteroatoms. The summed E-state index contributed by atoms with van der Waals surface area (Å²) < 4.78 is 4.04. The molecule has 15 heavy (non-hydrogen) atoms. The third-order valence-corrected chi connectivity index (χ3v) is 1.68. The van der Waals surface area contributed by atoms with E-state index in [-0.39, 0.29) is 5.95 Å². The first-order valence-electron chi connectivity index (χ1n) is 4.27. The number of ether oxygens (including phenoxy) is 1. The Kier molecular flexibility index (Phi) is 3.46. The smallest absolute Gasteiger partial charge is 0.333 e. The highest BCUT2D eigenvalue weighted by Crippen LogP contribution is 1.90. The molecule has 0 aromatic carbocycles. The Morgan fingerprint density at radius 3 is 2.80 bits per heavy atom. The number of carbonyl (C=O) groups excluding carboxylic acids is 1. The number of H-pyrrole nitrogens is 1. The van der Waals surface area contributed by atoms with E-state index in [0.29, 0.717) is 0 Å². The lowest BCUT2D eigenvalue weighted by atomic mass is 10.5. The molecule has 0 unspecified atom stereocenters. The third-order valence-electron chi connectivity index (χ3n) is 1.68. The van der Waals surface area contributed by atoms with E-state index in [1.165, 1.54) is 6.26 Å². The van der Waals surface area contributed by atoms with Crippen LogP contribution in [0.25, 0.3) is 12.2 Å². The number of anilines is 1. The van der Waals surface area contributed by atoms with Gasteiger partial charge in [-0.1, -0.05) is 12.2 Å². The van der Waals surface area contributed by atoms with Crippen molar-refractivity contribution in [1.82, 2.24) is 9.97 Å². The summed E-state index contributed by atoms with van der Waals surface area (Å²) in [5, 5.41) is 11.9. The van der Waals surface area contributed by atoms with Gasteiger partial charge in [0.15, 0.2) is 0 Å². The second-order valence-corrected chi connectivity index (χ2v) is 2.57. The minimum atomic E-state index is -0.864. The molecule has 0 fully saturated rings. The average Bonchev–Trinajstić information content (AvgIpc) is 2.60. The summed E-state index contributed by atoms with van der Waals surface area (Å²) in [6.07, 6.45) is 4.02. The van der Waals surface area contributed by atoms with E-state index in [9.17, 15) is 4.79 Å². The van der Waals surface area contributed by atoms with Gasteiger partial charge in [0.1, 0.15) is 0 Å². The quantitative estimate of drug-likeness (QED) is 0.635. The van der Waals surface area contributed by atoms with Gasteiger partial charge in [0.05, 0.1) is 10.7 Å². The SMILES string of the molecule is C/C=c1/nc(NC(=O)OC#N)[nH]/c1=C/C. The number of hydrogen-bond donors (Lipinski definition) is 2. The van der Waals surface area contributed by atoms with Crippen molar-refractivity contribution in [3.63, 3.8) is 0 Å². The van der Waals surface area contributed by atoms with Gasteiger partial charge < -0.3 is 9.72 Å². The Hall–Kier alpha value is -2.29. The topological polar surface area (TPSA) is 90.8 Å². The first-order chi connectivity index (χ1) is 7.21. The fourth-order valence-electron chi connectivity index (χ4n) is 1.06. The van der Waals surface area contributed by atoms with Crippen LogP contribution in [0.3, 0.4) is 0 Å². The number of hydrogen-bond acceptors (Lipinski definition) is 4. The number of aromatic amines is 1. The van der Waals surface area contributed by atoms with Crippen LogP contribution < -0.4 is 16.0 Å². The molecule has 78 valence electrons. The third kappa shape index (κ3) is 2.57. The van der Waals surface area contributed by atoms with Crippen molar-refractivity contribution in [2.24, 2.45) is 0 Å². The Morgan fingerprint density at radius 2 is 2.33 bits per heavy atom. The number of aromatic nitrogens is 2. The normalized spacial score (nSPS) is 12.3. The van der Waals surface area contributed by atoms with Crippen LogP contribution in [0.2, 0.25) is 0 Å². The zero-order valence-corrected chi connectivity index (χ0v) is 8.37. The summed E-state index contributed by atoms with van der Waals surface area (Å²) in [5.41, 5.74) is 0. The molecule has 0 saturated heterocycles. The first kappa shape index (κ1) is 10.8. The van der Waals surface area contributed by atoms with Crippen LogP contribution in [0.5, 0.6) is 0 Å². The number of imidazole rings is 1. The lowest BCUT2D eigenvalue weighted by molar-refractivity contribution is 0.205. The van der Waals surface area contributed by atoms with E-state index in [2.05, 4.69) is 20.0 Å². The number of amides is 1. The van der Waals surface area contributed by atoms with E-state index in [1.807, 2.05) is 19.9 Å². The second-order valence-electron chi connectivity index (χ2n) is 2.57.